The van der Waals surface area contributed by atoms with Crippen LogP contribution < -0.4 is 5.32 Å². The predicted octanol–water partition coefficient (Wildman–Crippen LogP) is 2.98. The molecule has 32 heavy (non-hydrogen) atoms. The van der Waals surface area contributed by atoms with E-state index in [-0.39, 0.29) is 11.9 Å². The number of nitrogens with one attached hydrogen (secondary N) is 2. The lowest BCUT2D eigenvalue weighted by atomic mass is 10.1. The van der Waals surface area contributed by atoms with Crippen molar-refractivity contribution in [2.45, 2.75) is 38.8 Å². The van der Waals surface area contributed by atoms with Gasteiger partial charge >= 0.3 is 0 Å². The Bertz CT molecular complexity index is 1310. The van der Waals surface area contributed by atoms with E-state index in [1.54, 1.807) is 37.5 Å². The largest absolute Gasteiger partial charge is 0.350 e. The highest BCUT2D eigenvalue weighted by molar-refractivity contribution is 5.95. The number of aryl methyl sites for hydroxylation is 1. The van der Waals surface area contributed by atoms with E-state index in [0.717, 1.165) is 22.9 Å². The molecule has 0 aromatic carbocycles. The number of alkyl halides is 2. The lowest BCUT2D eigenvalue weighted by molar-refractivity contribution is -0.132. The van der Waals surface area contributed by atoms with Crippen molar-refractivity contribution >= 4 is 34.1 Å². The summed E-state index contributed by atoms with van der Waals surface area (Å²) in [6.07, 6.45) is 3.95. The molecule has 1 aliphatic heterocycles. The monoisotopic (exact) mass is 440 g/mol. The first-order chi connectivity index (χ1) is 15.4. The number of piperidine rings is 1. The van der Waals surface area contributed by atoms with E-state index in [9.17, 15) is 13.6 Å². The van der Waals surface area contributed by atoms with Crippen LogP contribution in [0.15, 0.2) is 24.7 Å². The molecule has 4 aromatic heterocycles. The van der Waals surface area contributed by atoms with Gasteiger partial charge in [0.1, 0.15) is 11.5 Å². The highest BCUT2D eigenvalue weighted by Gasteiger charge is 2.23. The number of imidazole rings is 1. The SMILES string of the molecule is Cc1nc2ncc(-c3c[nH]c4nc(N[C@@H]5CCC(=O)N(C)C5)ncc34)cc2n1CC(F)F. The number of rotatable bonds is 5. The van der Waals surface area contributed by atoms with Crippen molar-refractivity contribution in [2.24, 2.45) is 0 Å². The van der Waals surface area contributed by atoms with Gasteiger partial charge in [0.25, 0.3) is 6.43 Å². The fourth-order valence-corrected chi connectivity index (χ4v) is 4.16. The van der Waals surface area contributed by atoms with E-state index in [4.69, 9.17) is 0 Å². The van der Waals surface area contributed by atoms with Gasteiger partial charge in [0.15, 0.2) is 5.65 Å². The van der Waals surface area contributed by atoms with Crippen molar-refractivity contribution in [1.29, 1.82) is 0 Å². The number of aromatic amines is 1. The number of pyridine rings is 1. The number of anilines is 1. The van der Waals surface area contributed by atoms with Crippen LogP contribution >= 0.6 is 0 Å². The van der Waals surface area contributed by atoms with Crippen LogP contribution in [0.5, 0.6) is 0 Å². The van der Waals surface area contributed by atoms with Crippen LogP contribution in [-0.2, 0) is 11.3 Å². The van der Waals surface area contributed by atoms with Crippen LogP contribution in [0.4, 0.5) is 14.7 Å². The van der Waals surface area contributed by atoms with Gasteiger partial charge in [-0.25, -0.2) is 23.7 Å². The van der Waals surface area contributed by atoms with Crippen LogP contribution in [0, 0.1) is 6.92 Å². The van der Waals surface area contributed by atoms with Crippen LogP contribution in [0.3, 0.4) is 0 Å². The molecule has 1 atom stereocenters. The molecule has 1 saturated heterocycles. The molecule has 0 aliphatic carbocycles. The van der Waals surface area contributed by atoms with Crippen LogP contribution in [-0.4, -0.2) is 66.4 Å². The second-order valence-electron chi connectivity index (χ2n) is 8.04. The molecular formula is C21H22F2N8O. The molecule has 4 aromatic rings. The van der Waals surface area contributed by atoms with Crippen LogP contribution in [0.1, 0.15) is 18.7 Å². The Balaban J connectivity index is 1.45. The van der Waals surface area contributed by atoms with E-state index < -0.39 is 13.0 Å². The second-order valence-corrected chi connectivity index (χ2v) is 8.04. The Kier molecular flexibility index (Phi) is 4.95. The zero-order chi connectivity index (χ0) is 22.4. The highest BCUT2D eigenvalue weighted by atomic mass is 19.3. The van der Waals surface area contributed by atoms with E-state index in [1.165, 1.54) is 4.57 Å². The molecule has 166 valence electrons. The molecular weight excluding hydrogens is 418 g/mol. The van der Waals surface area contributed by atoms with Crippen LogP contribution in [0.25, 0.3) is 33.3 Å². The van der Waals surface area contributed by atoms with Crippen molar-refractivity contribution in [3.8, 4) is 11.1 Å². The van der Waals surface area contributed by atoms with Crippen molar-refractivity contribution in [3.63, 3.8) is 0 Å². The molecule has 0 saturated carbocycles. The Morgan fingerprint density at radius 1 is 1.28 bits per heavy atom. The van der Waals surface area contributed by atoms with Gasteiger partial charge in [-0.3, -0.25) is 4.79 Å². The average Bonchev–Trinajstić information content (AvgIpc) is 3.31. The van der Waals surface area contributed by atoms with Crippen molar-refractivity contribution in [2.75, 3.05) is 18.9 Å². The first kappa shape index (κ1) is 20.3. The average molecular weight is 440 g/mol. The number of carbonyl (C=O) groups is 1. The summed E-state index contributed by atoms with van der Waals surface area (Å²) < 4.78 is 27.5. The van der Waals surface area contributed by atoms with E-state index in [1.807, 2.05) is 6.07 Å². The number of aromatic nitrogens is 6. The molecule has 0 unspecified atom stereocenters. The van der Waals surface area contributed by atoms with Gasteiger partial charge in [-0.05, 0) is 19.4 Å². The summed E-state index contributed by atoms with van der Waals surface area (Å²) in [6.45, 7) is 1.87. The fraction of sp³-hybridized carbons (Fsp3) is 0.381. The molecule has 1 amide bonds. The summed E-state index contributed by atoms with van der Waals surface area (Å²) in [5.74, 6) is 1.12. The molecule has 1 aliphatic rings. The Morgan fingerprint density at radius 2 is 2.12 bits per heavy atom. The maximum Gasteiger partial charge on any atom is 0.256 e. The van der Waals surface area contributed by atoms with Crippen molar-refractivity contribution in [1.82, 2.24) is 34.4 Å². The Labute approximate surface area is 181 Å². The number of fused-ring (bicyclic) bond motifs is 2. The zero-order valence-corrected chi connectivity index (χ0v) is 17.6. The minimum absolute atomic E-state index is 0.0922. The maximum atomic E-state index is 13.0. The first-order valence-corrected chi connectivity index (χ1v) is 10.3. The molecule has 9 nitrogen and oxygen atoms in total. The standard InChI is InChI=1S/C21H22F2N8O/c1-11-27-20-16(31(11)10-17(22)23)5-12(6-24-20)14-7-25-19-15(14)8-26-21(29-19)28-13-3-4-18(32)30(2)9-13/h5-8,13,17H,3-4,9-10H2,1-2H3,(H2,25,26,28,29)/t13-/m1/s1. The predicted molar refractivity (Wildman–Crippen MR) is 115 cm³/mol. The smallest absolute Gasteiger partial charge is 0.256 e. The number of halogens is 2. The van der Waals surface area contributed by atoms with Gasteiger partial charge in [0, 0.05) is 61.2 Å². The van der Waals surface area contributed by atoms with E-state index in [0.29, 0.717) is 41.5 Å². The zero-order valence-electron chi connectivity index (χ0n) is 17.6. The number of hydrogen-bond acceptors (Lipinski definition) is 6. The fourth-order valence-electron chi connectivity index (χ4n) is 4.16. The number of likely N-dealkylation sites (N-methyl/N-ethyl adjacent to an activating group) is 1. The third-order valence-electron chi connectivity index (χ3n) is 5.82. The molecule has 0 spiro atoms. The lowest BCUT2D eigenvalue weighted by Gasteiger charge is -2.30. The van der Waals surface area contributed by atoms with Gasteiger partial charge in [0.2, 0.25) is 11.9 Å². The number of carbonyl (C=O) groups excluding carboxylic acids is 1. The second kappa shape index (κ2) is 7.81. The molecule has 1 fully saturated rings. The van der Waals surface area contributed by atoms with Crippen molar-refractivity contribution < 1.29 is 13.6 Å². The first-order valence-electron chi connectivity index (χ1n) is 10.3. The van der Waals surface area contributed by atoms with E-state index in [2.05, 4.69) is 30.2 Å². The normalized spacial score (nSPS) is 17.1. The summed E-state index contributed by atoms with van der Waals surface area (Å²) >= 11 is 0. The molecule has 5 heterocycles. The quantitative estimate of drug-likeness (QED) is 0.494. The number of hydrogen-bond donors (Lipinski definition) is 2. The van der Waals surface area contributed by atoms with Crippen molar-refractivity contribution in [3.05, 3.63) is 30.5 Å². The van der Waals surface area contributed by atoms with Gasteiger partial charge < -0.3 is 19.8 Å². The summed E-state index contributed by atoms with van der Waals surface area (Å²) in [5.41, 5.74) is 3.23. The van der Waals surface area contributed by atoms with Gasteiger partial charge in [0.05, 0.1) is 12.1 Å². The van der Waals surface area contributed by atoms with Gasteiger partial charge in [-0.15, -0.1) is 0 Å². The molecule has 5 rings (SSSR count). The summed E-state index contributed by atoms with van der Waals surface area (Å²) in [6, 6.07) is 1.91. The third kappa shape index (κ3) is 3.63. The van der Waals surface area contributed by atoms with Crippen LogP contribution in [0.2, 0.25) is 0 Å². The summed E-state index contributed by atoms with van der Waals surface area (Å²) in [4.78, 5) is 34.2. The molecule has 0 radical (unpaired) electrons. The number of H-pyrrole nitrogens is 1. The topological polar surface area (TPSA) is 105 Å². The Hall–Kier alpha value is -3.63. The Morgan fingerprint density at radius 3 is 2.91 bits per heavy atom. The maximum absolute atomic E-state index is 13.0. The minimum Gasteiger partial charge on any atom is -0.350 e. The van der Waals surface area contributed by atoms with Gasteiger partial charge in [-0.2, -0.15) is 4.98 Å². The summed E-state index contributed by atoms with van der Waals surface area (Å²) in [7, 11) is 1.79. The molecule has 11 heteroatoms. The number of nitrogens with zero attached hydrogens (tertiary/aromatic N) is 6. The third-order valence-corrected chi connectivity index (χ3v) is 5.82. The number of likely N-dealkylation sites (tertiary alicyclic amines) is 1. The minimum atomic E-state index is -2.48. The number of amides is 1. The lowest BCUT2D eigenvalue weighted by Crippen LogP contribution is -2.43. The molecule has 0 bridgehead atoms. The molecule has 2 N–H and O–H groups in total. The van der Waals surface area contributed by atoms with E-state index >= 15 is 0 Å². The highest BCUT2D eigenvalue weighted by Crippen LogP contribution is 2.30. The summed E-state index contributed by atoms with van der Waals surface area (Å²) in [5, 5.41) is 4.09. The van der Waals surface area contributed by atoms with Gasteiger partial charge in [-0.1, -0.05) is 0 Å².